The number of rotatable bonds is 7. The van der Waals surface area contributed by atoms with Crippen molar-refractivity contribution in [2.75, 3.05) is 0 Å². The second kappa shape index (κ2) is 9.51. The Labute approximate surface area is 178 Å². The summed E-state index contributed by atoms with van der Waals surface area (Å²) in [5, 5.41) is 0.472. The lowest BCUT2D eigenvalue weighted by molar-refractivity contribution is -0.137. The molecule has 0 fully saturated rings. The van der Waals surface area contributed by atoms with Gasteiger partial charge in [-0.3, -0.25) is 0 Å². The van der Waals surface area contributed by atoms with Gasteiger partial charge in [0.05, 0.1) is 11.3 Å². The van der Waals surface area contributed by atoms with Crippen LogP contribution in [0.1, 0.15) is 49.1 Å². The highest BCUT2D eigenvalue weighted by Gasteiger charge is 2.30. The first-order valence-corrected chi connectivity index (χ1v) is 10.7. The zero-order valence-corrected chi connectivity index (χ0v) is 17.8. The molecular weight excluding hydrogens is 409 g/mol. The number of ether oxygens (including phenoxy) is 1. The van der Waals surface area contributed by atoms with Gasteiger partial charge in [0, 0.05) is 11.8 Å². The van der Waals surface area contributed by atoms with Gasteiger partial charge in [-0.15, -0.1) is 0 Å². The molecule has 7 heteroatoms. The summed E-state index contributed by atoms with van der Waals surface area (Å²) in [6.45, 7) is 6.11. The monoisotopic (exact) mass is 432 g/mol. The number of nitrogens with zero attached hydrogens (tertiary/aromatic N) is 2. The van der Waals surface area contributed by atoms with E-state index in [2.05, 4.69) is 16.9 Å². The summed E-state index contributed by atoms with van der Waals surface area (Å²) in [7, 11) is 0. The fraction of sp³-hybridized carbons (Fsp3) is 0.304. The van der Waals surface area contributed by atoms with Crippen LogP contribution in [0.5, 0.6) is 11.6 Å². The van der Waals surface area contributed by atoms with Crippen LogP contribution < -0.4 is 4.74 Å². The van der Waals surface area contributed by atoms with Crippen molar-refractivity contribution in [3.63, 3.8) is 0 Å². The summed E-state index contributed by atoms with van der Waals surface area (Å²) in [6, 6.07) is 14.9. The average molecular weight is 433 g/mol. The maximum absolute atomic E-state index is 12.9. The van der Waals surface area contributed by atoms with E-state index < -0.39 is 11.7 Å². The summed E-state index contributed by atoms with van der Waals surface area (Å²) < 4.78 is 44.8. The molecular formula is C23H23F3N2OS. The third-order valence-electron chi connectivity index (χ3n) is 4.44. The topological polar surface area (TPSA) is 35.0 Å². The highest BCUT2D eigenvalue weighted by Crippen LogP contribution is 2.32. The molecule has 3 rings (SSSR count). The molecule has 1 aromatic heterocycles. The van der Waals surface area contributed by atoms with Crippen LogP contribution in [-0.4, -0.2) is 9.97 Å². The van der Waals surface area contributed by atoms with Crippen molar-refractivity contribution in [3.05, 3.63) is 77.0 Å². The molecule has 0 bridgehead atoms. The molecule has 0 spiro atoms. The van der Waals surface area contributed by atoms with Crippen LogP contribution in [-0.2, 0) is 18.3 Å². The van der Waals surface area contributed by atoms with Crippen molar-refractivity contribution < 1.29 is 17.9 Å². The first-order chi connectivity index (χ1) is 14.2. The van der Waals surface area contributed by atoms with Gasteiger partial charge in [-0.1, -0.05) is 62.9 Å². The first kappa shape index (κ1) is 22.2. The Morgan fingerprint density at radius 1 is 0.967 bits per heavy atom. The second-order valence-electron chi connectivity index (χ2n) is 7.16. The predicted molar refractivity (Wildman–Crippen MR) is 113 cm³/mol. The molecule has 1 heterocycles. The van der Waals surface area contributed by atoms with Crippen LogP contribution in [0.4, 0.5) is 13.2 Å². The lowest BCUT2D eigenvalue weighted by Crippen LogP contribution is -2.05. The second-order valence-corrected chi connectivity index (χ2v) is 8.10. The van der Waals surface area contributed by atoms with Gasteiger partial charge in [-0.05, 0) is 41.7 Å². The largest absolute Gasteiger partial charge is 0.439 e. The van der Waals surface area contributed by atoms with E-state index in [0.29, 0.717) is 28.1 Å². The van der Waals surface area contributed by atoms with Gasteiger partial charge in [-0.2, -0.15) is 18.2 Å². The number of thioether (sulfide) groups is 1. The number of aromatic nitrogens is 2. The highest BCUT2D eigenvalue weighted by atomic mass is 32.2. The van der Waals surface area contributed by atoms with Crippen LogP contribution in [0.3, 0.4) is 0 Å². The minimum Gasteiger partial charge on any atom is -0.439 e. The van der Waals surface area contributed by atoms with E-state index in [0.717, 1.165) is 29.8 Å². The van der Waals surface area contributed by atoms with E-state index in [1.54, 1.807) is 12.1 Å². The molecule has 0 saturated heterocycles. The Bertz CT molecular complexity index is 1010. The zero-order chi connectivity index (χ0) is 21.7. The smallest absolute Gasteiger partial charge is 0.416 e. The van der Waals surface area contributed by atoms with Gasteiger partial charge in [0.25, 0.3) is 0 Å². The van der Waals surface area contributed by atoms with Crippen LogP contribution in [0, 0.1) is 0 Å². The summed E-state index contributed by atoms with van der Waals surface area (Å²) in [5.74, 6) is 1.60. The number of halogens is 3. The van der Waals surface area contributed by atoms with Gasteiger partial charge >= 0.3 is 6.18 Å². The SMILES string of the molecule is CCc1cccc(Oc2cc(C(C)C)nc(SCc3cccc(C(F)(F)F)c3)n2)c1. The van der Waals surface area contributed by atoms with Crippen molar-refractivity contribution in [1.29, 1.82) is 0 Å². The van der Waals surface area contributed by atoms with Gasteiger partial charge in [-0.25, -0.2) is 4.98 Å². The van der Waals surface area contributed by atoms with Crippen molar-refractivity contribution in [3.8, 4) is 11.6 Å². The molecule has 0 aliphatic carbocycles. The maximum atomic E-state index is 12.9. The minimum absolute atomic E-state index is 0.158. The van der Waals surface area contributed by atoms with E-state index in [1.165, 1.54) is 17.8 Å². The molecule has 0 amide bonds. The Hall–Kier alpha value is -2.54. The van der Waals surface area contributed by atoms with E-state index in [-0.39, 0.29) is 5.92 Å². The third kappa shape index (κ3) is 5.98. The van der Waals surface area contributed by atoms with Gasteiger partial charge in [0.2, 0.25) is 5.88 Å². The number of aryl methyl sites for hydroxylation is 1. The quantitative estimate of drug-likeness (QED) is 0.291. The van der Waals surface area contributed by atoms with Crippen molar-refractivity contribution in [2.45, 2.75) is 50.2 Å². The molecule has 0 unspecified atom stereocenters. The number of alkyl halides is 3. The summed E-state index contributed by atoms with van der Waals surface area (Å²) in [6.07, 6.45) is -3.46. The molecule has 0 radical (unpaired) electrons. The fourth-order valence-corrected chi connectivity index (χ4v) is 3.57. The lowest BCUT2D eigenvalue weighted by atomic mass is 10.1. The first-order valence-electron chi connectivity index (χ1n) is 9.69. The van der Waals surface area contributed by atoms with Crippen LogP contribution in [0.25, 0.3) is 0 Å². The normalized spacial score (nSPS) is 11.7. The molecule has 0 N–H and O–H groups in total. The zero-order valence-electron chi connectivity index (χ0n) is 17.0. The molecule has 3 nitrogen and oxygen atoms in total. The van der Waals surface area contributed by atoms with E-state index in [9.17, 15) is 13.2 Å². The summed E-state index contributed by atoms with van der Waals surface area (Å²) in [5.41, 5.74) is 1.88. The van der Waals surface area contributed by atoms with Crippen LogP contribution >= 0.6 is 11.8 Å². The van der Waals surface area contributed by atoms with Gasteiger partial charge < -0.3 is 4.74 Å². The minimum atomic E-state index is -4.36. The third-order valence-corrected chi connectivity index (χ3v) is 5.36. The maximum Gasteiger partial charge on any atom is 0.416 e. The fourth-order valence-electron chi connectivity index (χ4n) is 2.77. The Balaban J connectivity index is 1.81. The molecule has 0 aliphatic rings. The van der Waals surface area contributed by atoms with Crippen LogP contribution in [0.15, 0.2) is 59.8 Å². The molecule has 0 aliphatic heterocycles. The highest BCUT2D eigenvalue weighted by molar-refractivity contribution is 7.98. The number of hydrogen-bond acceptors (Lipinski definition) is 4. The Morgan fingerprint density at radius 3 is 2.40 bits per heavy atom. The number of benzene rings is 2. The number of hydrogen-bond donors (Lipinski definition) is 0. The van der Waals surface area contributed by atoms with Crippen molar-refractivity contribution in [2.24, 2.45) is 0 Å². The van der Waals surface area contributed by atoms with E-state index in [4.69, 9.17) is 4.74 Å². The predicted octanol–water partition coefficient (Wildman–Crippen LogP) is 7.27. The van der Waals surface area contributed by atoms with Crippen LogP contribution in [0.2, 0.25) is 0 Å². The molecule has 0 atom stereocenters. The van der Waals surface area contributed by atoms with Crippen molar-refractivity contribution in [1.82, 2.24) is 9.97 Å². The van der Waals surface area contributed by atoms with Gasteiger partial charge in [0.15, 0.2) is 5.16 Å². The average Bonchev–Trinajstić information content (AvgIpc) is 2.72. The standard InChI is InChI=1S/C23H23F3N2OS/c1-4-16-7-6-10-19(12-16)29-21-13-20(15(2)3)27-22(28-21)30-14-17-8-5-9-18(11-17)23(24,25)26/h5-13,15H,4,14H2,1-3H3. The molecule has 3 aromatic rings. The van der Waals surface area contributed by atoms with Gasteiger partial charge in [0.1, 0.15) is 5.75 Å². The molecule has 158 valence electrons. The van der Waals surface area contributed by atoms with Crippen molar-refractivity contribution >= 4 is 11.8 Å². The Kier molecular flexibility index (Phi) is 7.02. The van der Waals surface area contributed by atoms with E-state index in [1.807, 2.05) is 38.1 Å². The molecule has 0 saturated carbocycles. The van der Waals surface area contributed by atoms with E-state index >= 15 is 0 Å². The molecule has 30 heavy (non-hydrogen) atoms. The summed E-state index contributed by atoms with van der Waals surface area (Å²) in [4.78, 5) is 9.00. The Morgan fingerprint density at radius 2 is 1.70 bits per heavy atom. The summed E-state index contributed by atoms with van der Waals surface area (Å²) >= 11 is 1.29. The molecule has 2 aromatic carbocycles. The lowest BCUT2D eigenvalue weighted by Gasteiger charge is -2.12.